The lowest BCUT2D eigenvalue weighted by molar-refractivity contribution is 0.510. The van der Waals surface area contributed by atoms with E-state index < -0.39 is 8.13 Å². The van der Waals surface area contributed by atoms with E-state index in [1.54, 1.807) is 0 Å². The third-order valence-corrected chi connectivity index (χ3v) is 4.48. The topological polar surface area (TPSA) is 43.6 Å². The van der Waals surface area contributed by atoms with Gasteiger partial charge in [0, 0.05) is 6.54 Å². The van der Waals surface area contributed by atoms with Crippen LogP contribution in [0.15, 0.2) is 0 Å². The first kappa shape index (κ1) is 15.6. The van der Waals surface area contributed by atoms with Gasteiger partial charge in [-0.05, 0) is 16.8 Å². The van der Waals surface area contributed by atoms with Crippen molar-refractivity contribution in [2.45, 2.75) is 40.9 Å². The van der Waals surface area contributed by atoms with Gasteiger partial charge in [-0.2, -0.15) is 0 Å². The van der Waals surface area contributed by atoms with Gasteiger partial charge in [0.05, 0.1) is 0 Å². The van der Waals surface area contributed by atoms with Crippen LogP contribution in [-0.2, 0) is 10.9 Å². The summed E-state index contributed by atoms with van der Waals surface area (Å²) in [4.78, 5) is 0. The van der Waals surface area contributed by atoms with Crippen LogP contribution in [0.5, 0.6) is 0 Å². The third-order valence-electron chi connectivity index (χ3n) is 2.14. The van der Waals surface area contributed by atoms with Crippen molar-refractivity contribution < 1.29 is 0 Å². The van der Waals surface area contributed by atoms with Gasteiger partial charge >= 0.3 is 0 Å². The van der Waals surface area contributed by atoms with Gasteiger partial charge in [-0.1, -0.05) is 77.8 Å². The highest BCUT2D eigenvalue weighted by Crippen LogP contribution is 2.51. The number of aryl methyl sites for hydroxylation is 1. The monoisotopic (exact) mass is 338 g/mol. The Morgan fingerprint density at radius 1 is 1.12 bits per heavy atom. The summed E-state index contributed by atoms with van der Waals surface area (Å²) in [5, 5.41) is 11.0. The van der Waals surface area contributed by atoms with Crippen LogP contribution >= 0.6 is 58.0 Å². The summed E-state index contributed by atoms with van der Waals surface area (Å²) in [6, 6.07) is 0. The summed E-state index contributed by atoms with van der Waals surface area (Å²) in [5.74, 6) is 0.136. The molecule has 0 atom stereocenters. The number of tetrazole rings is 1. The van der Waals surface area contributed by atoms with Gasteiger partial charge in [-0.25, -0.2) is 4.68 Å². The second-order valence-electron chi connectivity index (χ2n) is 3.50. The fourth-order valence-corrected chi connectivity index (χ4v) is 1.74. The number of hydrogen-bond acceptors (Lipinski definition) is 3. The van der Waals surface area contributed by atoms with Crippen LogP contribution in [0.2, 0.25) is 0 Å². The van der Waals surface area contributed by atoms with Crippen LogP contribution in [0.1, 0.15) is 32.0 Å². The van der Waals surface area contributed by atoms with E-state index in [1.165, 1.54) is 4.68 Å². The van der Waals surface area contributed by atoms with E-state index in [9.17, 15) is 0 Å². The highest BCUT2D eigenvalue weighted by atomic mass is 35.6. The molecule has 9 heteroatoms. The minimum atomic E-state index is -1.91. The maximum Gasteiger partial charge on any atom is 0.230 e. The van der Waals surface area contributed by atoms with Crippen LogP contribution in [0.25, 0.3) is 0 Å². The van der Waals surface area contributed by atoms with Gasteiger partial charge in [-0.15, -0.1) is 5.10 Å². The van der Waals surface area contributed by atoms with Gasteiger partial charge in [0.1, 0.15) is 0 Å². The summed E-state index contributed by atoms with van der Waals surface area (Å²) in [7, 11) is 0. The molecule has 0 aliphatic rings. The molecule has 0 amide bonds. The van der Waals surface area contributed by atoms with E-state index in [4.69, 9.17) is 58.0 Å². The van der Waals surface area contributed by atoms with Crippen LogP contribution < -0.4 is 0 Å². The standard InChI is InChI=1S/C8H11Cl5N4/c1-2-3-4-5-17-6(14-15-16-17)7(9,10)8(11,12)13/h2-5H2,1H3. The molecule has 17 heavy (non-hydrogen) atoms. The molecular formula is C8H11Cl5N4. The molecule has 0 N–H and O–H groups in total. The number of alkyl halides is 5. The van der Waals surface area contributed by atoms with Crippen molar-refractivity contribution in [2.75, 3.05) is 0 Å². The van der Waals surface area contributed by atoms with E-state index in [1.807, 2.05) is 0 Å². The quantitative estimate of drug-likeness (QED) is 0.604. The van der Waals surface area contributed by atoms with Crippen LogP contribution in [0.3, 0.4) is 0 Å². The first-order valence-corrected chi connectivity index (χ1v) is 6.91. The molecule has 0 saturated heterocycles. The first-order chi connectivity index (χ1) is 7.80. The molecule has 0 saturated carbocycles. The lowest BCUT2D eigenvalue weighted by Gasteiger charge is -2.25. The van der Waals surface area contributed by atoms with Gasteiger partial charge < -0.3 is 0 Å². The summed E-state index contributed by atoms with van der Waals surface area (Å²) in [6.45, 7) is 2.67. The van der Waals surface area contributed by atoms with E-state index >= 15 is 0 Å². The fourth-order valence-electron chi connectivity index (χ4n) is 1.22. The molecule has 4 nitrogen and oxygen atoms in total. The minimum Gasteiger partial charge on any atom is -0.227 e. The summed E-state index contributed by atoms with van der Waals surface area (Å²) >= 11 is 29.1. The van der Waals surface area contributed by atoms with Crippen molar-refractivity contribution >= 4 is 58.0 Å². The Hall–Kier alpha value is 0.520. The second kappa shape index (κ2) is 6.11. The Kier molecular flexibility index (Phi) is 5.60. The Morgan fingerprint density at radius 3 is 2.29 bits per heavy atom. The average molecular weight is 340 g/mol. The van der Waals surface area contributed by atoms with Crippen LogP contribution in [-0.4, -0.2) is 24.0 Å². The lowest BCUT2D eigenvalue weighted by Crippen LogP contribution is -2.32. The molecule has 1 aromatic rings. The SMILES string of the molecule is CCCCCn1nnnc1C(Cl)(Cl)C(Cl)(Cl)Cl. The van der Waals surface area contributed by atoms with Crippen molar-refractivity contribution in [1.82, 2.24) is 20.2 Å². The van der Waals surface area contributed by atoms with Gasteiger partial charge in [0.25, 0.3) is 0 Å². The first-order valence-electron chi connectivity index (χ1n) is 5.02. The molecule has 1 rings (SSSR count). The number of rotatable bonds is 5. The van der Waals surface area contributed by atoms with Crippen molar-refractivity contribution in [3.8, 4) is 0 Å². The molecule has 0 fully saturated rings. The highest BCUT2D eigenvalue weighted by molar-refractivity contribution is 6.75. The van der Waals surface area contributed by atoms with Crippen molar-refractivity contribution in [1.29, 1.82) is 0 Å². The van der Waals surface area contributed by atoms with Crippen LogP contribution in [0, 0.1) is 0 Å². The van der Waals surface area contributed by atoms with E-state index in [0.717, 1.165) is 19.3 Å². The molecule has 1 aromatic heterocycles. The predicted octanol–water partition coefficient (Wildman–Crippen LogP) is 3.86. The lowest BCUT2D eigenvalue weighted by atomic mass is 10.2. The molecule has 0 spiro atoms. The average Bonchev–Trinajstić information content (AvgIpc) is 2.65. The normalized spacial score (nSPS) is 13.1. The number of halogens is 5. The largest absolute Gasteiger partial charge is 0.230 e. The number of nitrogens with zero attached hydrogens (tertiary/aromatic N) is 4. The number of unbranched alkanes of at least 4 members (excludes halogenated alkanes) is 2. The molecule has 1 heterocycles. The Labute approximate surface area is 124 Å². The summed E-state index contributed by atoms with van der Waals surface area (Å²) in [6.07, 6.45) is 3.03. The van der Waals surface area contributed by atoms with E-state index in [-0.39, 0.29) is 5.82 Å². The maximum atomic E-state index is 6.00. The predicted molar refractivity (Wildman–Crippen MR) is 71.0 cm³/mol. The zero-order chi connectivity index (χ0) is 13.1. The maximum absolute atomic E-state index is 6.00. The van der Waals surface area contributed by atoms with Gasteiger partial charge in [-0.3, -0.25) is 0 Å². The molecule has 0 aromatic carbocycles. The van der Waals surface area contributed by atoms with Gasteiger partial charge in [0.2, 0.25) is 8.13 Å². The van der Waals surface area contributed by atoms with Crippen molar-refractivity contribution in [3.63, 3.8) is 0 Å². The Morgan fingerprint density at radius 2 is 1.76 bits per heavy atom. The Balaban J connectivity index is 2.88. The number of hydrogen-bond donors (Lipinski definition) is 0. The van der Waals surface area contributed by atoms with Crippen molar-refractivity contribution in [2.24, 2.45) is 0 Å². The zero-order valence-corrected chi connectivity index (χ0v) is 12.8. The second-order valence-corrected chi connectivity index (χ2v) is 7.11. The molecule has 0 bridgehead atoms. The number of aromatic nitrogens is 4. The zero-order valence-electron chi connectivity index (χ0n) is 9.01. The Bertz CT molecular complexity index is 359. The van der Waals surface area contributed by atoms with E-state index in [2.05, 4.69) is 22.4 Å². The molecular weight excluding hydrogens is 329 g/mol. The summed E-state index contributed by atoms with van der Waals surface area (Å²) < 4.78 is -2.24. The summed E-state index contributed by atoms with van der Waals surface area (Å²) in [5.41, 5.74) is 0. The smallest absolute Gasteiger partial charge is 0.227 e. The van der Waals surface area contributed by atoms with Crippen molar-refractivity contribution in [3.05, 3.63) is 5.82 Å². The molecule has 0 radical (unpaired) electrons. The van der Waals surface area contributed by atoms with Crippen LogP contribution in [0.4, 0.5) is 0 Å². The molecule has 98 valence electrons. The van der Waals surface area contributed by atoms with Gasteiger partial charge in [0.15, 0.2) is 5.82 Å². The molecule has 0 aliphatic carbocycles. The minimum absolute atomic E-state index is 0.136. The fraction of sp³-hybridized carbons (Fsp3) is 0.875. The van der Waals surface area contributed by atoms with E-state index in [0.29, 0.717) is 6.54 Å². The molecule has 0 aliphatic heterocycles. The molecule has 0 unspecified atom stereocenters. The highest BCUT2D eigenvalue weighted by Gasteiger charge is 2.51. The third kappa shape index (κ3) is 3.74.